The lowest BCUT2D eigenvalue weighted by atomic mass is 9.83. The maximum atomic E-state index is 12.8. The second-order valence-corrected chi connectivity index (χ2v) is 12.3. The molecule has 1 fully saturated rings. The van der Waals surface area contributed by atoms with Crippen LogP contribution in [0.1, 0.15) is 56.9 Å². The largest absolute Gasteiger partial charge is 0.395 e. The van der Waals surface area contributed by atoms with Crippen molar-refractivity contribution in [2.45, 2.75) is 64.8 Å². The molecule has 224 valence electrons. The molecule has 42 heavy (non-hydrogen) atoms. The fourth-order valence-electron chi connectivity index (χ4n) is 5.92. The number of hydrogen-bond donors (Lipinski definition) is 3. The van der Waals surface area contributed by atoms with Gasteiger partial charge in [0, 0.05) is 30.3 Å². The van der Waals surface area contributed by atoms with Crippen LogP contribution in [0.5, 0.6) is 0 Å². The summed E-state index contributed by atoms with van der Waals surface area (Å²) in [6, 6.07) is 7.91. The molecule has 11 heteroatoms. The van der Waals surface area contributed by atoms with Gasteiger partial charge in [-0.3, -0.25) is 9.58 Å². The fraction of sp³-hybridized carbons (Fsp3) is 0.548. The zero-order valence-corrected chi connectivity index (χ0v) is 24.6. The van der Waals surface area contributed by atoms with E-state index in [0.29, 0.717) is 48.7 Å². The summed E-state index contributed by atoms with van der Waals surface area (Å²) in [4.78, 5) is 11.1. The van der Waals surface area contributed by atoms with Gasteiger partial charge < -0.3 is 15.7 Å². The van der Waals surface area contributed by atoms with Gasteiger partial charge in [0.1, 0.15) is 6.07 Å². The molecule has 1 aromatic carbocycles. The summed E-state index contributed by atoms with van der Waals surface area (Å²) in [6.07, 6.45) is 4.81. The SMILES string of the molecule is CC(C)CCc1c(Nc2nccc(-c3cc(C#N)c4c(c3)[C@@](C)(CO)CN4)n2)cnn1CC1CCN(CC(F)F)CC1. The van der Waals surface area contributed by atoms with E-state index in [1.54, 1.807) is 6.20 Å². The molecule has 2 aromatic heterocycles. The number of nitrogens with zero attached hydrogens (tertiary/aromatic N) is 6. The van der Waals surface area contributed by atoms with Crippen LogP contribution in [0.4, 0.5) is 26.1 Å². The normalized spacial score (nSPS) is 19.2. The number of halogens is 2. The summed E-state index contributed by atoms with van der Waals surface area (Å²) in [6.45, 7) is 8.88. The first-order valence-electron chi connectivity index (χ1n) is 14.8. The molecule has 1 atom stereocenters. The lowest BCUT2D eigenvalue weighted by molar-refractivity contribution is 0.0665. The molecule has 5 rings (SSSR count). The number of aromatic nitrogens is 4. The Kier molecular flexibility index (Phi) is 9.04. The first-order chi connectivity index (χ1) is 20.2. The van der Waals surface area contributed by atoms with Gasteiger partial charge in [-0.2, -0.15) is 10.4 Å². The zero-order chi connectivity index (χ0) is 29.9. The third-order valence-electron chi connectivity index (χ3n) is 8.55. The predicted molar refractivity (Wildman–Crippen MR) is 159 cm³/mol. The molecule has 1 saturated heterocycles. The number of fused-ring (bicyclic) bond motifs is 1. The van der Waals surface area contributed by atoms with E-state index in [0.717, 1.165) is 60.4 Å². The highest BCUT2D eigenvalue weighted by Gasteiger charge is 2.36. The number of hydrogen-bond acceptors (Lipinski definition) is 8. The lowest BCUT2D eigenvalue weighted by Crippen LogP contribution is -2.38. The van der Waals surface area contributed by atoms with Crippen LogP contribution in [0.3, 0.4) is 0 Å². The van der Waals surface area contributed by atoms with Gasteiger partial charge in [0.2, 0.25) is 5.95 Å². The van der Waals surface area contributed by atoms with E-state index in [9.17, 15) is 19.1 Å². The molecule has 9 nitrogen and oxygen atoms in total. The van der Waals surface area contributed by atoms with Crippen molar-refractivity contribution >= 4 is 17.3 Å². The Balaban J connectivity index is 1.37. The number of piperidine rings is 1. The van der Waals surface area contributed by atoms with Crippen LogP contribution in [-0.2, 0) is 18.4 Å². The first kappa shape index (κ1) is 29.9. The molecule has 0 aliphatic carbocycles. The van der Waals surface area contributed by atoms with Crippen molar-refractivity contribution < 1.29 is 13.9 Å². The van der Waals surface area contributed by atoms with Crippen molar-refractivity contribution in [1.29, 1.82) is 5.26 Å². The molecule has 3 N–H and O–H groups in total. The minimum absolute atomic E-state index is 0.0319. The molecular weight excluding hydrogens is 538 g/mol. The van der Waals surface area contributed by atoms with Crippen molar-refractivity contribution in [2.24, 2.45) is 11.8 Å². The second kappa shape index (κ2) is 12.7. The van der Waals surface area contributed by atoms with Gasteiger partial charge in [-0.25, -0.2) is 18.7 Å². The van der Waals surface area contributed by atoms with Crippen molar-refractivity contribution in [3.8, 4) is 17.3 Å². The van der Waals surface area contributed by atoms with Gasteiger partial charge in [-0.15, -0.1) is 0 Å². The van der Waals surface area contributed by atoms with Crippen molar-refractivity contribution in [3.05, 3.63) is 47.4 Å². The van der Waals surface area contributed by atoms with E-state index < -0.39 is 11.8 Å². The van der Waals surface area contributed by atoms with Gasteiger partial charge in [0.25, 0.3) is 6.43 Å². The average Bonchev–Trinajstić information content (AvgIpc) is 3.52. The van der Waals surface area contributed by atoms with Crippen LogP contribution < -0.4 is 10.6 Å². The van der Waals surface area contributed by atoms with Crippen molar-refractivity contribution in [2.75, 3.05) is 43.4 Å². The minimum Gasteiger partial charge on any atom is -0.395 e. The Morgan fingerprint density at radius 1 is 1.26 bits per heavy atom. The summed E-state index contributed by atoms with van der Waals surface area (Å²) in [5.74, 6) is 1.34. The van der Waals surface area contributed by atoms with Crippen molar-refractivity contribution in [3.63, 3.8) is 0 Å². The minimum atomic E-state index is -2.29. The van der Waals surface area contributed by atoms with Crippen LogP contribution in [-0.4, -0.2) is 69.0 Å². The molecule has 2 aliphatic heterocycles. The van der Waals surface area contributed by atoms with Crippen LogP contribution >= 0.6 is 0 Å². The van der Waals surface area contributed by atoms with Gasteiger partial charge in [-0.1, -0.05) is 20.8 Å². The van der Waals surface area contributed by atoms with E-state index in [1.807, 2.05) is 36.2 Å². The van der Waals surface area contributed by atoms with Crippen LogP contribution in [0, 0.1) is 23.2 Å². The highest BCUT2D eigenvalue weighted by atomic mass is 19.3. The molecule has 0 saturated carbocycles. The molecule has 4 heterocycles. The second-order valence-electron chi connectivity index (χ2n) is 12.3. The summed E-state index contributed by atoms with van der Waals surface area (Å²) in [5, 5.41) is 31.3. The smallest absolute Gasteiger partial charge is 0.251 e. The molecule has 0 amide bonds. The summed E-state index contributed by atoms with van der Waals surface area (Å²) in [7, 11) is 0. The number of likely N-dealkylation sites (tertiary alicyclic amines) is 1. The van der Waals surface area contributed by atoms with Gasteiger partial charge in [0.05, 0.1) is 47.7 Å². The maximum Gasteiger partial charge on any atom is 0.251 e. The summed E-state index contributed by atoms with van der Waals surface area (Å²) >= 11 is 0. The van der Waals surface area contributed by atoms with Crippen molar-refractivity contribution in [1.82, 2.24) is 24.6 Å². The number of anilines is 3. The van der Waals surface area contributed by atoms with Gasteiger partial charge in [-0.05, 0) is 74.4 Å². The molecule has 0 radical (unpaired) electrons. The number of rotatable bonds is 11. The standard InChI is InChI=1S/C31H40F2N8O/c1-20(2)4-5-27-26(15-37-41(27)16-21-7-10-40(11-8-21)17-28(32)33)39-30-35-9-6-25(38-30)22-12-23(14-34)29-24(13-22)31(3,19-42)18-36-29/h6,9,12-13,15,20-21,28,36,42H,4-5,7-8,10-11,16-19H2,1-3H3,(H,35,38,39)/t31-/m1/s1. The average molecular weight is 579 g/mol. The number of nitriles is 1. The Labute approximate surface area is 246 Å². The summed E-state index contributed by atoms with van der Waals surface area (Å²) < 4.78 is 27.7. The molecule has 3 aromatic rings. The monoisotopic (exact) mass is 578 g/mol. The molecule has 2 aliphatic rings. The van der Waals surface area contributed by atoms with E-state index in [4.69, 9.17) is 10.1 Å². The molecule has 0 bridgehead atoms. The zero-order valence-electron chi connectivity index (χ0n) is 24.6. The van der Waals surface area contributed by atoms with Gasteiger partial charge in [0.15, 0.2) is 0 Å². The number of aliphatic hydroxyl groups excluding tert-OH is 1. The first-order valence-corrected chi connectivity index (χ1v) is 14.8. The van der Waals surface area contributed by atoms with E-state index in [2.05, 4.69) is 40.2 Å². The highest BCUT2D eigenvalue weighted by molar-refractivity contribution is 5.76. The lowest BCUT2D eigenvalue weighted by Gasteiger charge is -2.31. The molecule has 0 spiro atoms. The Morgan fingerprint density at radius 2 is 2.05 bits per heavy atom. The third-order valence-corrected chi connectivity index (χ3v) is 8.55. The summed E-state index contributed by atoms with van der Waals surface area (Å²) in [5.41, 5.74) is 5.11. The van der Waals surface area contributed by atoms with E-state index >= 15 is 0 Å². The number of aliphatic hydroxyl groups is 1. The topological polar surface area (TPSA) is 115 Å². The molecule has 0 unspecified atom stereocenters. The van der Waals surface area contributed by atoms with E-state index in [-0.39, 0.29) is 13.2 Å². The van der Waals surface area contributed by atoms with Crippen LogP contribution in [0.25, 0.3) is 11.3 Å². The van der Waals surface area contributed by atoms with E-state index in [1.165, 1.54) is 0 Å². The quantitative estimate of drug-likeness (QED) is 0.285. The van der Waals surface area contributed by atoms with Gasteiger partial charge >= 0.3 is 0 Å². The Hall–Kier alpha value is -3.62. The van der Waals surface area contributed by atoms with Crippen LogP contribution in [0.15, 0.2) is 30.6 Å². The molecular formula is C31H40F2N8O. The highest BCUT2D eigenvalue weighted by Crippen LogP contribution is 2.41. The predicted octanol–water partition coefficient (Wildman–Crippen LogP) is 5.20. The fourth-order valence-corrected chi connectivity index (χ4v) is 5.92. The Bertz CT molecular complexity index is 1430. The third kappa shape index (κ3) is 6.55. The number of benzene rings is 1. The number of alkyl halides is 2. The Morgan fingerprint density at radius 3 is 2.74 bits per heavy atom. The number of nitrogens with one attached hydrogen (secondary N) is 2. The maximum absolute atomic E-state index is 12.8. The van der Waals surface area contributed by atoms with Crippen LogP contribution in [0.2, 0.25) is 0 Å².